The van der Waals surface area contributed by atoms with Gasteiger partial charge in [-0.15, -0.1) is 5.10 Å². The Kier molecular flexibility index (Phi) is 9.69. The number of halogens is 4. The van der Waals surface area contributed by atoms with Gasteiger partial charge in [0.1, 0.15) is 23.5 Å². The highest BCUT2D eigenvalue weighted by molar-refractivity contribution is 6.33. The summed E-state index contributed by atoms with van der Waals surface area (Å²) in [5.74, 6) is -1.30. The van der Waals surface area contributed by atoms with Gasteiger partial charge in [-0.05, 0) is 43.5 Å². The summed E-state index contributed by atoms with van der Waals surface area (Å²) < 4.78 is 48.9. The lowest BCUT2D eigenvalue weighted by molar-refractivity contribution is -0.137. The molecule has 14 nitrogen and oxygen atoms in total. The van der Waals surface area contributed by atoms with Crippen LogP contribution in [0.3, 0.4) is 0 Å². The van der Waals surface area contributed by atoms with Gasteiger partial charge in [-0.25, -0.2) is 0 Å². The molecule has 4 aromatic rings. The number of hydrogen-bond acceptors (Lipinski definition) is 9. The van der Waals surface area contributed by atoms with Crippen molar-refractivity contribution >= 4 is 46.1 Å². The van der Waals surface area contributed by atoms with Crippen LogP contribution < -0.4 is 21.3 Å². The monoisotopic (exact) mass is 730 g/mol. The van der Waals surface area contributed by atoms with Crippen molar-refractivity contribution in [2.75, 3.05) is 49.6 Å². The molecule has 1 fully saturated rings. The highest BCUT2D eigenvalue weighted by Gasteiger charge is 2.33. The van der Waals surface area contributed by atoms with Gasteiger partial charge in [0.15, 0.2) is 5.82 Å². The van der Waals surface area contributed by atoms with Crippen LogP contribution in [0, 0.1) is 6.92 Å². The number of hydrogen-bond donors (Lipinski definition) is 2. The Balaban J connectivity index is 1.35. The van der Waals surface area contributed by atoms with Gasteiger partial charge < -0.3 is 34.1 Å². The van der Waals surface area contributed by atoms with E-state index in [1.807, 2.05) is 6.08 Å². The molecule has 3 aromatic heterocycles. The number of benzene rings is 1. The minimum absolute atomic E-state index is 0.0326. The van der Waals surface area contributed by atoms with Crippen LogP contribution in [0.15, 0.2) is 40.1 Å². The van der Waals surface area contributed by atoms with E-state index in [0.29, 0.717) is 30.9 Å². The number of piperazine rings is 1. The summed E-state index contributed by atoms with van der Waals surface area (Å²) in [4.78, 5) is 61.7. The fraction of sp³-hybridized carbons (Fsp3) is 0.394. The van der Waals surface area contributed by atoms with Crippen molar-refractivity contribution in [2.45, 2.75) is 39.4 Å². The first-order chi connectivity index (χ1) is 24.2. The van der Waals surface area contributed by atoms with E-state index in [2.05, 4.69) is 15.4 Å². The number of alkyl halides is 3. The maximum Gasteiger partial charge on any atom is 0.416 e. The minimum Gasteiger partial charge on any atom is -0.507 e. The Morgan fingerprint density at radius 2 is 1.84 bits per heavy atom. The SMILES string of the molecule is CCc1c(N2CCN(C(=O)c3c(O)c(C)cn(C)c3=O)CC2)c(=O)n2nc(C3=CCOCC3)nc2n1CC(=O)Nc1ccc(C(F)(F)F)cc1Cl. The molecule has 0 saturated carbocycles. The van der Waals surface area contributed by atoms with Crippen LogP contribution in [0.2, 0.25) is 5.02 Å². The zero-order chi connectivity index (χ0) is 36.8. The van der Waals surface area contributed by atoms with Crippen LogP contribution in [-0.4, -0.2) is 84.9 Å². The van der Waals surface area contributed by atoms with Gasteiger partial charge in [0.05, 0.1) is 35.2 Å². The summed E-state index contributed by atoms with van der Waals surface area (Å²) in [6.45, 7) is 4.32. The van der Waals surface area contributed by atoms with Crippen molar-refractivity contribution in [1.29, 1.82) is 0 Å². The van der Waals surface area contributed by atoms with Crippen LogP contribution in [0.25, 0.3) is 11.4 Å². The second kappa shape index (κ2) is 13.9. The van der Waals surface area contributed by atoms with Crippen LogP contribution in [0.1, 0.15) is 46.3 Å². The molecule has 0 atom stereocenters. The molecule has 270 valence electrons. The number of aromatic hydroxyl groups is 1. The van der Waals surface area contributed by atoms with E-state index in [1.165, 1.54) is 27.3 Å². The van der Waals surface area contributed by atoms with Crippen LogP contribution in [0.4, 0.5) is 24.5 Å². The van der Waals surface area contributed by atoms with Gasteiger partial charge in [0.2, 0.25) is 11.7 Å². The first-order valence-corrected chi connectivity index (χ1v) is 16.5. The number of rotatable bonds is 7. The number of carbonyl (C=O) groups excluding carboxylic acids is 2. The van der Waals surface area contributed by atoms with Gasteiger partial charge >= 0.3 is 6.18 Å². The summed E-state index contributed by atoms with van der Waals surface area (Å²) in [6, 6.07) is 2.60. The largest absolute Gasteiger partial charge is 0.507 e. The molecule has 6 rings (SSSR count). The Bertz CT molecular complexity index is 2200. The third-order valence-corrected chi connectivity index (χ3v) is 9.22. The normalized spacial score (nSPS) is 15.3. The molecule has 0 aliphatic carbocycles. The number of pyridine rings is 1. The van der Waals surface area contributed by atoms with E-state index in [9.17, 15) is 37.5 Å². The first kappa shape index (κ1) is 35.7. The Hall–Kier alpha value is -5.16. The molecule has 51 heavy (non-hydrogen) atoms. The van der Waals surface area contributed by atoms with Gasteiger partial charge in [-0.2, -0.15) is 22.7 Å². The van der Waals surface area contributed by atoms with Crippen molar-refractivity contribution in [3.63, 3.8) is 0 Å². The third-order valence-electron chi connectivity index (χ3n) is 8.91. The molecule has 2 amide bonds. The number of carbonyl (C=O) groups is 2. The maximum atomic E-state index is 14.2. The first-order valence-electron chi connectivity index (χ1n) is 16.1. The number of aromatic nitrogens is 5. The van der Waals surface area contributed by atoms with Crippen molar-refractivity contribution in [1.82, 2.24) is 28.6 Å². The molecule has 0 spiro atoms. The highest BCUT2D eigenvalue weighted by Crippen LogP contribution is 2.34. The molecule has 0 bridgehead atoms. The van der Waals surface area contributed by atoms with Gasteiger partial charge in [-0.3, -0.25) is 19.2 Å². The standard InChI is InChI=1S/C33H34ClF3N8O6/c1-4-23-26(42-9-11-43(12-10-42)30(49)25-27(47)18(2)16-41(3)29(25)48)31(50)45-32(39-28(40-45)19-7-13-51-14-8-19)44(23)17-24(46)38-22-6-5-20(15-21(22)34)33(35,36)37/h5-7,15-16,47H,4,8-14,17H2,1-3H3,(H,38,46). The number of nitrogens with zero attached hydrogens (tertiary/aromatic N) is 7. The van der Waals surface area contributed by atoms with Crippen molar-refractivity contribution in [3.05, 3.63) is 84.4 Å². The van der Waals surface area contributed by atoms with E-state index in [1.54, 1.807) is 18.7 Å². The summed E-state index contributed by atoms with van der Waals surface area (Å²) in [5, 5.41) is 17.3. The lowest BCUT2D eigenvalue weighted by atomic mass is 10.1. The Morgan fingerprint density at radius 1 is 1.12 bits per heavy atom. The smallest absolute Gasteiger partial charge is 0.416 e. The fourth-order valence-corrected chi connectivity index (χ4v) is 6.52. The lowest BCUT2D eigenvalue weighted by Crippen LogP contribution is -2.51. The highest BCUT2D eigenvalue weighted by atomic mass is 35.5. The van der Waals surface area contributed by atoms with Crippen LogP contribution in [-0.2, 0) is 35.7 Å². The number of fused-ring (bicyclic) bond motifs is 1. The number of amides is 2. The predicted molar refractivity (Wildman–Crippen MR) is 181 cm³/mol. The zero-order valence-corrected chi connectivity index (χ0v) is 28.6. The number of ether oxygens (including phenoxy) is 1. The second-order valence-electron chi connectivity index (χ2n) is 12.2. The second-order valence-corrected chi connectivity index (χ2v) is 12.6. The molecular weight excluding hydrogens is 697 g/mol. The van der Waals surface area contributed by atoms with E-state index in [0.717, 1.165) is 28.3 Å². The molecule has 2 aliphatic heterocycles. The molecule has 2 aliphatic rings. The Labute approximate surface area is 293 Å². The summed E-state index contributed by atoms with van der Waals surface area (Å²) >= 11 is 6.11. The van der Waals surface area contributed by atoms with Crippen molar-refractivity contribution < 1.29 is 32.6 Å². The maximum absolute atomic E-state index is 14.2. The molecule has 0 radical (unpaired) electrons. The van der Waals surface area contributed by atoms with E-state index < -0.39 is 41.2 Å². The number of aryl methyl sites for hydroxylation is 2. The molecule has 5 heterocycles. The molecular formula is C33H34ClF3N8O6. The van der Waals surface area contributed by atoms with Crippen LogP contribution >= 0.6 is 11.6 Å². The summed E-state index contributed by atoms with van der Waals surface area (Å²) in [6.07, 6.45) is -0.610. The van der Waals surface area contributed by atoms with Crippen molar-refractivity contribution in [2.24, 2.45) is 7.05 Å². The van der Waals surface area contributed by atoms with Gasteiger partial charge in [-0.1, -0.05) is 24.6 Å². The average Bonchev–Trinajstić information content (AvgIpc) is 3.56. The topological polar surface area (TPSA) is 156 Å². The lowest BCUT2D eigenvalue weighted by Gasteiger charge is -2.36. The number of nitrogens with one attached hydrogen (secondary N) is 1. The van der Waals surface area contributed by atoms with Crippen LogP contribution in [0.5, 0.6) is 5.75 Å². The van der Waals surface area contributed by atoms with Gasteiger partial charge in [0, 0.05) is 45.0 Å². The quantitative estimate of drug-likeness (QED) is 0.292. The van der Waals surface area contributed by atoms with Crippen molar-refractivity contribution in [3.8, 4) is 5.75 Å². The number of anilines is 2. The fourth-order valence-electron chi connectivity index (χ4n) is 6.29. The van der Waals surface area contributed by atoms with E-state index in [-0.39, 0.29) is 71.9 Å². The molecule has 2 N–H and O–H groups in total. The van der Waals surface area contributed by atoms with Gasteiger partial charge in [0.25, 0.3) is 17.0 Å². The van der Waals surface area contributed by atoms with E-state index >= 15 is 0 Å². The summed E-state index contributed by atoms with van der Waals surface area (Å²) in [7, 11) is 1.49. The van der Waals surface area contributed by atoms with E-state index in [4.69, 9.17) is 16.3 Å². The average molecular weight is 731 g/mol. The molecule has 1 aromatic carbocycles. The Morgan fingerprint density at radius 3 is 2.47 bits per heavy atom. The molecule has 0 unspecified atom stereocenters. The zero-order valence-electron chi connectivity index (χ0n) is 27.9. The minimum atomic E-state index is -4.62. The molecule has 18 heteroatoms. The molecule has 1 saturated heterocycles. The predicted octanol–water partition coefficient (Wildman–Crippen LogP) is 3.24. The third kappa shape index (κ3) is 6.82. The summed E-state index contributed by atoms with van der Waals surface area (Å²) in [5.41, 5.74) is -0.678.